The molecule has 3 rings (SSSR count). The van der Waals surface area contributed by atoms with Crippen LogP contribution in [0.15, 0.2) is 36.4 Å². The van der Waals surface area contributed by atoms with Crippen LogP contribution in [0.25, 0.3) is 0 Å². The topological polar surface area (TPSA) is 66.0 Å². The van der Waals surface area contributed by atoms with Crippen LogP contribution < -0.4 is 14.8 Å². The minimum Gasteiger partial charge on any atom is -0.493 e. The molecule has 154 valence electrons. The molecule has 0 spiro atoms. The molecular formula is C21H22FNO5S. The number of para-hydroxylation sites is 1. The van der Waals surface area contributed by atoms with E-state index in [1.807, 2.05) is 0 Å². The summed E-state index contributed by atoms with van der Waals surface area (Å²) in [6.07, 6.45) is -1.59. The number of carbonyl (C=O) groups is 1. The summed E-state index contributed by atoms with van der Waals surface area (Å²) in [5.74, 6) is 0.108. The highest BCUT2D eigenvalue weighted by Gasteiger charge is 2.33. The van der Waals surface area contributed by atoms with Crippen molar-refractivity contribution in [3.05, 3.63) is 53.3 Å². The van der Waals surface area contributed by atoms with Gasteiger partial charge in [0.15, 0.2) is 11.5 Å². The lowest BCUT2D eigenvalue weighted by atomic mass is 9.98. The third-order valence-electron chi connectivity index (χ3n) is 4.52. The average molecular weight is 419 g/mol. The van der Waals surface area contributed by atoms with Crippen LogP contribution in [0.5, 0.6) is 11.5 Å². The first kappa shape index (κ1) is 21.0. The van der Waals surface area contributed by atoms with E-state index in [-0.39, 0.29) is 13.0 Å². The van der Waals surface area contributed by atoms with E-state index in [0.29, 0.717) is 33.3 Å². The lowest BCUT2D eigenvalue weighted by Crippen LogP contribution is -2.31. The van der Waals surface area contributed by atoms with Crippen molar-refractivity contribution in [3.8, 4) is 11.5 Å². The SMILES string of the molecule is CCOC(=O)C[C@H]1O[C@H](c2cccc(OC)c2OC)c2cc(F)ccc2NC1=S. The summed E-state index contributed by atoms with van der Waals surface area (Å²) in [7, 11) is 3.05. The molecule has 2 atom stereocenters. The highest BCUT2D eigenvalue weighted by atomic mass is 32.1. The van der Waals surface area contributed by atoms with Gasteiger partial charge in [0.1, 0.15) is 23.0 Å². The second-order valence-corrected chi connectivity index (χ2v) is 6.76. The number of benzene rings is 2. The van der Waals surface area contributed by atoms with Crippen LogP contribution in [0.3, 0.4) is 0 Å². The third kappa shape index (κ3) is 4.49. The summed E-state index contributed by atoms with van der Waals surface area (Å²) in [5, 5.41) is 3.07. The van der Waals surface area contributed by atoms with Crippen molar-refractivity contribution in [1.82, 2.24) is 0 Å². The number of esters is 1. The molecule has 0 bridgehead atoms. The van der Waals surface area contributed by atoms with Gasteiger partial charge in [-0.15, -0.1) is 0 Å². The van der Waals surface area contributed by atoms with Crippen molar-refractivity contribution in [2.75, 3.05) is 26.1 Å². The van der Waals surface area contributed by atoms with Gasteiger partial charge in [-0.3, -0.25) is 4.79 Å². The smallest absolute Gasteiger partial charge is 0.308 e. The number of rotatable bonds is 6. The maximum absolute atomic E-state index is 14.1. The fourth-order valence-electron chi connectivity index (χ4n) is 3.25. The molecule has 1 heterocycles. The van der Waals surface area contributed by atoms with Crippen LogP contribution in [-0.2, 0) is 14.3 Å². The number of anilines is 1. The molecule has 8 heteroatoms. The fraction of sp³-hybridized carbons (Fsp3) is 0.333. The number of carbonyl (C=O) groups excluding carboxylic acids is 1. The van der Waals surface area contributed by atoms with Crippen molar-refractivity contribution >= 4 is 28.9 Å². The van der Waals surface area contributed by atoms with Crippen LogP contribution in [0.4, 0.5) is 10.1 Å². The zero-order valence-corrected chi connectivity index (χ0v) is 17.2. The van der Waals surface area contributed by atoms with Gasteiger partial charge in [-0.1, -0.05) is 24.4 Å². The average Bonchev–Trinajstić information content (AvgIpc) is 2.84. The van der Waals surface area contributed by atoms with E-state index < -0.39 is 24.0 Å². The van der Waals surface area contributed by atoms with Crippen LogP contribution >= 0.6 is 12.2 Å². The number of hydrogen-bond donors (Lipinski definition) is 1. The highest BCUT2D eigenvalue weighted by Crippen LogP contribution is 2.43. The maximum Gasteiger partial charge on any atom is 0.308 e. The van der Waals surface area contributed by atoms with E-state index in [2.05, 4.69) is 5.32 Å². The molecule has 0 saturated carbocycles. The molecule has 0 radical (unpaired) electrons. The first-order chi connectivity index (χ1) is 14.0. The summed E-state index contributed by atoms with van der Waals surface area (Å²) < 4.78 is 36.3. The Bertz CT molecular complexity index is 920. The van der Waals surface area contributed by atoms with Gasteiger partial charge in [-0.25, -0.2) is 4.39 Å². The van der Waals surface area contributed by atoms with Crippen molar-refractivity contribution in [1.29, 1.82) is 0 Å². The molecule has 1 N–H and O–H groups in total. The molecule has 0 saturated heterocycles. The van der Waals surface area contributed by atoms with Gasteiger partial charge in [-0.05, 0) is 31.2 Å². The molecule has 2 aromatic rings. The summed E-state index contributed by atoms with van der Waals surface area (Å²) in [6.45, 7) is 1.98. The zero-order chi connectivity index (χ0) is 21.0. The Morgan fingerprint density at radius 3 is 2.69 bits per heavy atom. The standard InChI is InChI=1S/C21H22FNO5S/c1-4-27-18(24)11-17-21(29)23-15-9-8-12(22)10-14(15)19(28-17)13-6-5-7-16(25-2)20(13)26-3/h5-10,17,19H,4,11H2,1-3H3,(H,23,29)/t17-,19-/m1/s1. The van der Waals surface area contributed by atoms with Crippen molar-refractivity contribution in [2.45, 2.75) is 25.6 Å². The summed E-state index contributed by atoms with van der Waals surface area (Å²) in [6, 6.07) is 9.64. The molecule has 0 aliphatic carbocycles. The Morgan fingerprint density at radius 1 is 1.21 bits per heavy atom. The monoisotopic (exact) mass is 419 g/mol. The normalized spacial score (nSPS) is 18.3. The predicted molar refractivity (Wildman–Crippen MR) is 110 cm³/mol. The number of ether oxygens (including phenoxy) is 4. The Balaban J connectivity index is 2.10. The largest absolute Gasteiger partial charge is 0.493 e. The van der Waals surface area contributed by atoms with Gasteiger partial charge in [0.05, 0.1) is 27.2 Å². The summed E-state index contributed by atoms with van der Waals surface area (Å²) in [4.78, 5) is 12.4. The van der Waals surface area contributed by atoms with Gasteiger partial charge in [0.2, 0.25) is 0 Å². The lowest BCUT2D eigenvalue weighted by Gasteiger charge is -2.24. The first-order valence-electron chi connectivity index (χ1n) is 9.10. The number of halogens is 1. The summed E-state index contributed by atoms with van der Waals surface area (Å²) in [5.41, 5.74) is 1.75. The number of hydrogen-bond acceptors (Lipinski definition) is 6. The Kier molecular flexibility index (Phi) is 6.66. The first-order valence-corrected chi connectivity index (χ1v) is 9.51. The van der Waals surface area contributed by atoms with Crippen molar-refractivity contribution < 1.29 is 28.1 Å². The van der Waals surface area contributed by atoms with E-state index >= 15 is 0 Å². The van der Waals surface area contributed by atoms with Gasteiger partial charge < -0.3 is 24.3 Å². The molecule has 1 aliphatic rings. The Labute approximate surface area is 173 Å². The third-order valence-corrected chi connectivity index (χ3v) is 4.88. The van der Waals surface area contributed by atoms with Gasteiger partial charge >= 0.3 is 5.97 Å². The Morgan fingerprint density at radius 2 is 2.00 bits per heavy atom. The van der Waals surface area contributed by atoms with E-state index in [1.165, 1.54) is 26.4 Å². The van der Waals surface area contributed by atoms with Crippen LogP contribution in [0.1, 0.15) is 30.6 Å². The van der Waals surface area contributed by atoms with Gasteiger partial charge in [0.25, 0.3) is 0 Å². The molecule has 29 heavy (non-hydrogen) atoms. The minimum absolute atomic E-state index is 0.0705. The van der Waals surface area contributed by atoms with Crippen LogP contribution in [0.2, 0.25) is 0 Å². The van der Waals surface area contributed by atoms with Gasteiger partial charge in [-0.2, -0.15) is 0 Å². The number of thiocarbonyl (C=S) groups is 1. The second kappa shape index (κ2) is 9.19. The molecule has 0 amide bonds. The highest BCUT2D eigenvalue weighted by molar-refractivity contribution is 7.80. The molecule has 1 aliphatic heterocycles. The quantitative estimate of drug-likeness (QED) is 0.560. The number of methoxy groups -OCH3 is 2. The lowest BCUT2D eigenvalue weighted by molar-refractivity contribution is -0.145. The predicted octanol–water partition coefficient (Wildman–Crippen LogP) is 4.02. The molecule has 0 fully saturated rings. The van der Waals surface area contributed by atoms with Crippen molar-refractivity contribution in [3.63, 3.8) is 0 Å². The number of nitrogens with one attached hydrogen (secondary N) is 1. The van der Waals surface area contributed by atoms with E-state index in [4.69, 9.17) is 31.2 Å². The molecular weight excluding hydrogens is 397 g/mol. The van der Waals surface area contributed by atoms with Crippen LogP contribution in [-0.4, -0.2) is 37.9 Å². The van der Waals surface area contributed by atoms with Crippen LogP contribution in [0, 0.1) is 5.82 Å². The Hall–Kier alpha value is -2.71. The molecule has 0 aromatic heterocycles. The zero-order valence-electron chi connectivity index (χ0n) is 16.4. The van der Waals surface area contributed by atoms with Crippen molar-refractivity contribution in [2.24, 2.45) is 0 Å². The molecule has 6 nitrogen and oxygen atoms in total. The molecule has 2 aromatic carbocycles. The minimum atomic E-state index is -0.764. The second-order valence-electron chi connectivity index (χ2n) is 6.32. The van der Waals surface area contributed by atoms with E-state index in [9.17, 15) is 9.18 Å². The van der Waals surface area contributed by atoms with E-state index in [1.54, 1.807) is 31.2 Å². The molecule has 0 unspecified atom stereocenters. The summed E-state index contributed by atoms with van der Waals surface area (Å²) >= 11 is 5.44. The maximum atomic E-state index is 14.1. The fourth-order valence-corrected chi connectivity index (χ4v) is 3.50. The van der Waals surface area contributed by atoms with Gasteiger partial charge in [0, 0.05) is 16.8 Å². The number of fused-ring (bicyclic) bond motifs is 1. The van der Waals surface area contributed by atoms with E-state index in [0.717, 1.165) is 0 Å².